The fourth-order valence-electron chi connectivity index (χ4n) is 3.49. The number of hydrogen-bond donors (Lipinski definition) is 0. The van der Waals surface area contributed by atoms with Gasteiger partial charge in [0.05, 0.1) is 0 Å². The minimum atomic E-state index is -2.09. The lowest BCUT2D eigenvalue weighted by atomic mass is 10.4. The first-order valence-corrected chi connectivity index (χ1v) is 15.2. The minimum absolute atomic E-state index is 1.05. The van der Waals surface area contributed by atoms with Gasteiger partial charge in [-0.25, -0.2) is 18.5 Å². The zero-order chi connectivity index (χ0) is 20.0. The Morgan fingerprint density at radius 1 is 0.577 bits per heavy atom. The van der Waals surface area contributed by atoms with Crippen LogP contribution in [0.4, 0.5) is 0 Å². The predicted octanol–water partition coefficient (Wildman–Crippen LogP) is 8.00. The lowest BCUT2D eigenvalue weighted by Gasteiger charge is -2.50. The summed E-state index contributed by atoms with van der Waals surface area (Å²) in [5, 5.41) is 0. The molecule has 0 aliphatic heterocycles. The number of halogens is 2. The first-order valence-electron chi connectivity index (χ1n) is 10.5. The summed E-state index contributed by atoms with van der Waals surface area (Å²) < 4.78 is 13.1. The molecule has 0 aliphatic rings. The Morgan fingerprint density at radius 3 is 0.962 bits per heavy atom. The van der Waals surface area contributed by atoms with Gasteiger partial charge < -0.3 is 0 Å². The van der Waals surface area contributed by atoms with Gasteiger partial charge in [-0.05, 0) is 38.5 Å². The summed E-state index contributed by atoms with van der Waals surface area (Å²) in [6.45, 7) is 18.5. The predicted molar refractivity (Wildman–Crippen MR) is 124 cm³/mol. The highest BCUT2D eigenvalue weighted by Gasteiger charge is 2.39. The summed E-state index contributed by atoms with van der Waals surface area (Å²) >= 11 is 12.8. The second-order valence-corrected chi connectivity index (χ2v) is 13.1. The van der Waals surface area contributed by atoms with Crippen LogP contribution in [0, 0.1) is 0 Å². The maximum Gasteiger partial charge on any atom is 0.209 e. The van der Waals surface area contributed by atoms with Gasteiger partial charge in [0, 0.05) is 39.3 Å². The molecule has 0 bridgehead atoms. The van der Waals surface area contributed by atoms with Gasteiger partial charge in [-0.1, -0.05) is 64.0 Å². The lowest BCUT2D eigenvalue weighted by molar-refractivity contribution is 0.304. The van der Waals surface area contributed by atoms with Crippen molar-refractivity contribution in [2.24, 2.45) is 4.52 Å². The van der Waals surface area contributed by atoms with E-state index < -0.39 is 14.3 Å². The molecule has 0 saturated heterocycles. The van der Waals surface area contributed by atoms with E-state index in [0.29, 0.717) is 0 Å². The molecule has 158 valence electrons. The Hall–Kier alpha value is 1.12. The molecule has 0 spiro atoms. The topological polar surface area (TPSA) is 22.1 Å². The molecule has 0 unspecified atom stereocenters. The van der Waals surface area contributed by atoms with Crippen LogP contribution in [0.5, 0.6) is 0 Å². The Morgan fingerprint density at radius 2 is 0.808 bits per heavy atom. The van der Waals surface area contributed by atoms with Crippen molar-refractivity contribution in [1.29, 1.82) is 0 Å². The molecule has 26 heavy (non-hydrogen) atoms. The Balaban J connectivity index is 6.55. The van der Waals surface area contributed by atoms with E-state index in [1.807, 2.05) is 0 Å². The van der Waals surface area contributed by atoms with Gasteiger partial charge in [-0.15, -0.1) is 0 Å². The summed E-state index contributed by atoms with van der Waals surface area (Å²) in [5.41, 5.74) is 0. The third-order valence-electron chi connectivity index (χ3n) is 4.22. The highest BCUT2D eigenvalue weighted by Crippen LogP contribution is 2.68. The van der Waals surface area contributed by atoms with Crippen molar-refractivity contribution in [2.75, 3.05) is 39.3 Å². The molecule has 0 fully saturated rings. The van der Waals surface area contributed by atoms with Crippen molar-refractivity contribution >= 4 is 36.8 Å². The summed E-state index contributed by atoms with van der Waals surface area (Å²) in [4.78, 5) is 0. The van der Waals surface area contributed by atoms with Crippen LogP contribution in [0.3, 0.4) is 0 Å². The SMILES string of the molecule is CCCN(CCC)P(=NP(Cl)Cl)(N(CCC)CCC)N(CCC)CCC. The summed E-state index contributed by atoms with van der Waals surface area (Å²) in [7, 11) is -2.09. The molecule has 0 aromatic heterocycles. The second kappa shape index (κ2) is 16.0. The van der Waals surface area contributed by atoms with Gasteiger partial charge >= 0.3 is 0 Å². The van der Waals surface area contributed by atoms with Crippen LogP contribution < -0.4 is 0 Å². The normalized spacial score (nSPS) is 12.8. The van der Waals surface area contributed by atoms with Gasteiger partial charge in [-0.2, -0.15) is 0 Å². The van der Waals surface area contributed by atoms with Crippen LogP contribution >= 0.6 is 36.8 Å². The average molecular weight is 447 g/mol. The Kier molecular flexibility index (Phi) is 16.7. The average Bonchev–Trinajstić information content (AvgIpc) is 2.59. The maximum atomic E-state index is 6.41. The van der Waals surface area contributed by atoms with Crippen molar-refractivity contribution < 1.29 is 0 Å². The van der Waals surface area contributed by atoms with Gasteiger partial charge in [0.1, 0.15) is 0 Å². The Bertz CT molecular complexity index is 332. The lowest BCUT2D eigenvalue weighted by Crippen LogP contribution is -2.43. The largest absolute Gasteiger partial charge is 0.246 e. The van der Waals surface area contributed by atoms with Gasteiger partial charge in [0.2, 0.25) is 6.78 Å². The minimum Gasteiger partial charge on any atom is -0.246 e. The molecule has 0 heterocycles. The van der Waals surface area contributed by atoms with Crippen molar-refractivity contribution in [3.05, 3.63) is 0 Å². The van der Waals surface area contributed by atoms with E-state index in [1.54, 1.807) is 0 Å². The van der Waals surface area contributed by atoms with E-state index in [2.05, 4.69) is 55.6 Å². The van der Waals surface area contributed by atoms with Gasteiger partial charge in [0.25, 0.3) is 0 Å². The van der Waals surface area contributed by atoms with Crippen LogP contribution in [-0.4, -0.2) is 53.3 Å². The monoisotopic (exact) mass is 446 g/mol. The third-order valence-corrected chi connectivity index (χ3v) is 10.4. The third kappa shape index (κ3) is 8.24. The molecule has 0 rings (SSSR count). The fraction of sp³-hybridized carbons (Fsp3) is 1.00. The molecule has 0 N–H and O–H groups in total. The molecular weight excluding hydrogens is 405 g/mol. The summed E-state index contributed by atoms with van der Waals surface area (Å²) in [6, 6.07) is 0. The highest BCUT2D eigenvalue weighted by molar-refractivity contribution is 8.04. The zero-order valence-electron chi connectivity index (χ0n) is 17.9. The van der Waals surface area contributed by atoms with Gasteiger partial charge in [0.15, 0.2) is 7.51 Å². The van der Waals surface area contributed by atoms with E-state index in [9.17, 15) is 0 Å². The highest BCUT2D eigenvalue weighted by atomic mass is 35.9. The van der Waals surface area contributed by atoms with Crippen LogP contribution in [0.1, 0.15) is 80.1 Å². The van der Waals surface area contributed by atoms with Crippen molar-refractivity contribution in [2.45, 2.75) is 80.1 Å². The van der Waals surface area contributed by atoms with Crippen LogP contribution in [0.2, 0.25) is 0 Å². The van der Waals surface area contributed by atoms with E-state index in [1.165, 1.54) is 0 Å². The first-order chi connectivity index (χ1) is 12.5. The summed E-state index contributed by atoms with van der Waals surface area (Å²) in [6.07, 6.45) is 6.74. The molecule has 0 aliphatic carbocycles. The second-order valence-electron chi connectivity index (χ2n) is 6.70. The molecule has 0 aromatic carbocycles. The van der Waals surface area contributed by atoms with E-state index in [4.69, 9.17) is 27.0 Å². The van der Waals surface area contributed by atoms with Crippen molar-refractivity contribution in [3.63, 3.8) is 0 Å². The molecule has 0 radical (unpaired) electrons. The van der Waals surface area contributed by atoms with E-state index in [0.717, 1.165) is 77.8 Å². The molecule has 0 atom stereocenters. The van der Waals surface area contributed by atoms with Crippen molar-refractivity contribution in [1.82, 2.24) is 14.0 Å². The smallest absolute Gasteiger partial charge is 0.209 e. The zero-order valence-corrected chi connectivity index (χ0v) is 21.2. The standard InChI is InChI=1S/C18H42Cl2N4P2/c1-7-13-22(14-8-2)26(21-25(19)20,23(15-9-3)16-10-4)24(17-11-5)18-12-6/h7-18H2,1-6H3. The molecular formula is C18H42Cl2N4P2. The Labute approximate surface area is 174 Å². The maximum absolute atomic E-state index is 6.41. The molecule has 8 heteroatoms. The van der Waals surface area contributed by atoms with Crippen LogP contribution in [0.25, 0.3) is 0 Å². The fourth-order valence-corrected chi connectivity index (χ4v) is 11.1. The summed E-state index contributed by atoms with van der Waals surface area (Å²) in [5.74, 6) is 0. The molecule has 0 saturated carbocycles. The van der Waals surface area contributed by atoms with Crippen LogP contribution in [-0.2, 0) is 0 Å². The quantitative estimate of drug-likeness (QED) is 0.224. The van der Waals surface area contributed by atoms with Crippen LogP contribution in [0.15, 0.2) is 4.52 Å². The van der Waals surface area contributed by atoms with Gasteiger partial charge in [-0.3, -0.25) is 0 Å². The molecule has 0 aromatic rings. The molecule has 4 nitrogen and oxygen atoms in total. The molecule has 0 amide bonds. The van der Waals surface area contributed by atoms with E-state index in [-0.39, 0.29) is 0 Å². The van der Waals surface area contributed by atoms with Crippen molar-refractivity contribution in [3.8, 4) is 0 Å². The first kappa shape index (κ1) is 27.1. The number of nitrogens with zero attached hydrogens (tertiary/aromatic N) is 4. The number of hydrogen-bond acceptors (Lipinski definition) is 1. The van der Waals surface area contributed by atoms with E-state index >= 15 is 0 Å². The number of rotatable bonds is 16.